The lowest BCUT2D eigenvalue weighted by atomic mass is 10.3. The van der Waals surface area contributed by atoms with Gasteiger partial charge in [-0.15, -0.1) is 10.2 Å². The van der Waals surface area contributed by atoms with Gasteiger partial charge in [-0.25, -0.2) is 8.42 Å². The van der Waals surface area contributed by atoms with Gasteiger partial charge in [-0.1, -0.05) is 48.8 Å². The Morgan fingerprint density at radius 3 is 2.21 bits per heavy atom. The van der Waals surface area contributed by atoms with E-state index in [1.165, 1.54) is 22.5 Å². The van der Waals surface area contributed by atoms with Gasteiger partial charge >= 0.3 is 0 Å². The Labute approximate surface area is 265 Å². The molecule has 228 valence electrons. The van der Waals surface area contributed by atoms with E-state index in [4.69, 9.17) is 32.7 Å². The fourth-order valence-corrected chi connectivity index (χ4v) is 6.62. The third-order valence-corrected chi connectivity index (χ3v) is 9.73. The summed E-state index contributed by atoms with van der Waals surface area (Å²) in [7, 11) is -3.73. The number of hydrogen-bond acceptors (Lipinski definition) is 8. The number of carbonyl (C=O) groups is 1. The maximum atomic E-state index is 13.0. The van der Waals surface area contributed by atoms with Crippen LogP contribution in [0.15, 0.2) is 76.8 Å². The van der Waals surface area contributed by atoms with Gasteiger partial charge < -0.3 is 14.8 Å². The molecule has 1 amide bonds. The number of sulfonamides is 1. The molecule has 3 aromatic carbocycles. The summed E-state index contributed by atoms with van der Waals surface area (Å²) in [4.78, 5) is 13.0. The van der Waals surface area contributed by atoms with Crippen molar-refractivity contribution in [2.75, 3.05) is 30.8 Å². The Bertz CT molecular complexity index is 1640. The second kappa shape index (κ2) is 14.9. The number of amides is 1. The zero-order chi connectivity index (χ0) is 31.0. The zero-order valence-electron chi connectivity index (χ0n) is 23.8. The zero-order valence-corrected chi connectivity index (χ0v) is 26.9. The van der Waals surface area contributed by atoms with Crippen molar-refractivity contribution >= 4 is 56.6 Å². The van der Waals surface area contributed by atoms with Crippen LogP contribution in [0, 0.1) is 0 Å². The van der Waals surface area contributed by atoms with Crippen LogP contribution in [0.3, 0.4) is 0 Å². The summed E-state index contributed by atoms with van der Waals surface area (Å²) in [5.41, 5.74) is 0.934. The first-order valence-corrected chi connectivity index (χ1v) is 16.6. The molecule has 0 aliphatic heterocycles. The Kier molecular flexibility index (Phi) is 11.3. The van der Waals surface area contributed by atoms with E-state index in [1.807, 2.05) is 31.2 Å². The van der Waals surface area contributed by atoms with Crippen LogP contribution in [0.25, 0.3) is 5.69 Å². The topological polar surface area (TPSA) is 116 Å². The molecule has 0 saturated carbocycles. The lowest BCUT2D eigenvalue weighted by Gasteiger charge is -2.19. The summed E-state index contributed by atoms with van der Waals surface area (Å²) in [6.45, 7) is 6.76. The van der Waals surface area contributed by atoms with Crippen molar-refractivity contribution in [3.63, 3.8) is 0 Å². The number of nitrogens with one attached hydrogen (secondary N) is 1. The van der Waals surface area contributed by atoms with Crippen molar-refractivity contribution < 1.29 is 22.7 Å². The van der Waals surface area contributed by atoms with Crippen LogP contribution < -0.4 is 14.8 Å². The van der Waals surface area contributed by atoms with Gasteiger partial charge in [-0.05, 0) is 73.7 Å². The molecule has 0 radical (unpaired) electrons. The van der Waals surface area contributed by atoms with Crippen molar-refractivity contribution in [3.05, 3.63) is 82.6 Å². The minimum Gasteiger partial charge on any atom is -0.494 e. The summed E-state index contributed by atoms with van der Waals surface area (Å²) < 4.78 is 40.5. The number of thioether (sulfide) groups is 1. The predicted molar refractivity (Wildman–Crippen MR) is 169 cm³/mol. The van der Waals surface area contributed by atoms with Crippen molar-refractivity contribution in [2.24, 2.45) is 0 Å². The summed E-state index contributed by atoms with van der Waals surface area (Å²) in [5.74, 6) is 1.44. The van der Waals surface area contributed by atoms with E-state index in [-0.39, 0.29) is 28.0 Å². The van der Waals surface area contributed by atoms with E-state index in [9.17, 15) is 13.2 Å². The SMILES string of the molecule is CCOc1ccc(OCc2nnc(SCC(=O)Nc3cc(S(=O)(=O)N(CC)CC)ccc3Cl)n2-c2ccc(Cl)cc2)cc1. The fourth-order valence-electron chi connectivity index (χ4n) is 4.07. The molecule has 1 heterocycles. The minimum absolute atomic E-state index is 0.0446. The molecule has 0 saturated heterocycles. The molecular formula is C29H31Cl2N5O5S2. The van der Waals surface area contributed by atoms with Crippen LogP contribution in [-0.4, -0.2) is 58.8 Å². The predicted octanol–water partition coefficient (Wildman–Crippen LogP) is 6.31. The van der Waals surface area contributed by atoms with Crippen LogP contribution in [-0.2, 0) is 21.4 Å². The van der Waals surface area contributed by atoms with Crippen LogP contribution >= 0.6 is 35.0 Å². The van der Waals surface area contributed by atoms with Gasteiger partial charge in [0.25, 0.3) is 0 Å². The smallest absolute Gasteiger partial charge is 0.243 e. The maximum absolute atomic E-state index is 13.0. The molecule has 1 N–H and O–H groups in total. The van der Waals surface area contributed by atoms with Crippen LogP contribution in [0.4, 0.5) is 5.69 Å². The number of halogens is 2. The van der Waals surface area contributed by atoms with E-state index in [0.717, 1.165) is 23.2 Å². The van der Waals surface area contributed by atoms with E-state index in [0.29, 0.717) is 41.4 Å². The van der Waals surface area contributed by atoms with E-state index in [1.54, 1.807) is 42.7 Å². The quantitative estimate of drug-likeness (QED) is 0.156. The molecule has 0 aliphatic rings. The lowest BCUT2D eigenvalue weighted by molar-refractivity contribution is -0.113. The first kappa shape index (κ1) is 32.6. The number of hydrogen-bond donors (Lipinski definition) is 1. The summed E-state index contributed by atoms with van der Waals surface area (Å²) in [6, 6.07) is 18.6. The second-order valence-corrected chi connectivity index (χ2v) is 12.7. The molecule has 0 spiro atoms. The number of rotatable bonds is 14. The van der Waals surface area contributed by atoms with Crippen LogP contribution in [0.2, 0.25) is 10.0 Å². The Hall–Kier alpha value is -3.29. The number of anilines is 1. The number of ether oxygens (including phenoxy) is 2. The van der Waals surface area contributed by atoms with Gasteiger partial charge in [0.05, 0.1) is 28.0 Å². The highest BCUT2D eigenvalue weighted by atomic mass is 35.5. The maximum Gasteiger partial charge on any atom is 0.243 e. The third-order valence-electron chi connectivity index (χ3n) is 6.18. The van der Waals surface area contributed by atoms with E-state index < -0.39 is 15.9 Å². The van der Waals surface area contributed by atoms with Crippen LogP contribution in [0.1, 0.15) is 26.6 Å². The average Bonchev–Trinajstić information content (AvgIpc) is 3.40. The average molecular weight is 665 g/mol. The van der Waals surface area contributed by atoms with Crippen molar-refractivity contribution in [3.8, 4) is 17.2 Å². The molecule has 4 aromatic rings. The molecule has 0 atom stereocenters. The Morgan fingerprint density at radius 1 is 0.930 bits per heavy atom. The Morgan fingerprint density at radius 2 is 1.58 bits per heavy atom. The first-order valence-electron chi connectivity index (χ1n) is 13.4. The van der Waals surface area contributed by atoms with E-state index >= 15 is 0 Å². The Balaban J connectivity index is 1.50. The van der Waals surface area contributed by atoms with Gasteiger partial charge in [0.2, 0.25) is 15.9 Å². The molecule has 0 unspecified atom stereocenters. The lowest BCUT2D eigenvalue weighted by Crippen LogP contribution is -2.30. The molecule has 14 heteroatoms. The number of benzene rings is 3. The van der Waals surface area contributed by atoms with E-state index in [2.05, 4.69) is 15.5 Å². The molecule has 4 rings (SSSR count). The third kappa shape index (κ3) is 8.21. The van der Waals surface area contributed by atoms with Crippen molar-refractivity contribution in [1.29, 1.82) is 0 Å². The van der Waals surface area contributed by atoms with Crippen molar-refractivity contribution in [1.82, 2.24) is 19.1 Å². The highest BCUT2D eigenvalue weighted by molar-refractivity contribution is 7.99. The molecule has 43 heavy (non-hydrogen) atoms. The monoisotopic (exact) mass is 663 g/mol. The van der Waals surface area contributed by atoms with Gasteiger partial charge in [0.1, 0.15) is 18.1 Å². The van der Waals surface area contributed by atoms with Gasteiger partial charge in [-0.3, -0.25) is 9.36 Å². The highest BCUT2D eigenvalue weighted by Crippen LogP contribution is 2.29. The highest BCUT2D eigenvalue weighted by Gasteiger charge is 2.23. The van der Waals surface area contributed by atoms with Crippen LogP contribution in [0.5, 0.6) is 11.5 Å². The molecule has 0 aliphatic carbocycles. The van der Waals surface area contributed by atoms with Gasteiger partial charge in [-0.2, -0.15) is 4.31 Å². The normalized spacial score (nSPS) is 11.5. The fraction of sp³-hybridized carbons (Fsp3) is 0.276. The summed E-state index contributed by atoms with van der Waals surface area (Å²) >= 11 is 13.6. The molecule has 0 fully saturated rings. The minimum atomic E-state index is -3.73. The number of carbonyl (C=O) groups excluding carboxylic acids is 1. The molecular weight excluding hydrogens is 633 g/mol. The van der Waals surface area contributed by atoms with Gasteiger partial charge in [0.15, 0.2) is 11.0 Å². The molecule has 0 bridgehead atoms. The largest absolute Gasteiger partial charge is 0.494 e. The van der Waals surface area contributed by atoms with Crippen molar-refractivity contribution in [2.45, 2.75) is 37.4 Å². The molecule has 1 aromatic heterocycles. The second-order valence-electron chi connectivity index (χ2n) is 8.97. The summed E-state index contributed by atoms with van der Waals surface area (Å²) in [5, 5.41) is 12.6. The standard InChI is InChI=1S/C29H31Cl2N5O5S2/c1-4-35(5-2)43(38,39)24-15-16-25(31)26(17-24)32-28(37)19-42-29-34-33-27(36(29)21-9-7-20(30)8-10-21)18-41-23-13-11-22(12-14-23)40-6-3/h7-17H,4-6,18-19H2,1-3H3,(H,32,37). The first-order chi connectivity index (χ1) is 20.7. The number of nitrogens with zero attached hydrogens (tertiary/aromatic N) is 4. The molecule has 10 nitrogen and oxygen atoms in total. The summed E-state index contributed by atoms with van der Waals surface area (Å²) in [6.07, 6.45) is 0. The number of aromatic nitrogens is 3. The van der Waals surface area contributed by atoms with Gasteiger partial charge in [0, 0.05) is 23.8 Å².